The van der Waals surface area contributed by atoms with Gasteiger partial charge in [0.2, 0.25) is 0 Å². The quantitative estimate of drug-likeness (QED) is 0.702. The number of benzene rings is 2. The Morgan fingerprint density at radius 1 is 1.17 bits per heavy atom. The molecule has 3 rings (SSSR count). The van der Waals surface area contributed by atoms with Crippen LogP contribution in [0, 0.1) is 0 Å². The minimum Gasteiger partial charge on any atom is -0.497 e. The molecule has 0 radical (unpaired) electrons. The Hall–Kier alpha value is -2.74. The molecule has 0 aromatic heterocycles. The average Bonchev–Trinajstić information content (AvgIpc) is 3.05. The number of carboxylic acid groups (broad SMARTS) is 1. The zero-order chi connectivity index (χ0) is 21.2. The highest BCUT2D eigenvalue weighted by Crippen LogP contribution is 2.43. The molecule has 29 heavy (non-hydrogen) atoms. The molecule has 8 heteroatoms. The number of ether oxygens (including phenoxy) is 2. The molecule has 0 fully saturated rings. The van der Waals surface area contributed by atoms with E-state index < -0.39 is 16.0 Å². The van der Waals surface area contributed by atoms with Crippen LogP contribution in [0.3, 0.4) is 0 Å². The molecule has 0 aliphatic carbocycles. The summed E-state index contributed by atoms with van der Waals surface area (Å²) in [5.74, 6) is 0.0920. The van der Waals surface area contributed by atoms with Crippen LogP contribution in [0.15, 0.2) is 47.4 Å². The Labute approximate surface area is 170 Å². The number of hydrogen-bond acceptors (Lipinski definition) is 5. The zero-order valence-electron chi connectivity index (χ0n) is 16.7. The second-order valence-corrected chi connectivity index (χ2v) is 9.09. The van der Waals surface area contributed by atoms with Gasteiger partial charge < -0.3 is 14.6 Å². The third-order valence-corrected chi connectivity index (χ3v) is 6.61. The lowest BCUT2D eigenvalue weighted by Gasteiger charge is -2.20. The molecule has 1 heterocycles. The summed E-state index contributed by atoms with van der Waals surface area (Å²) in [6.07, 6.45) is 0.312. The highest BCUT2D eigenvalue weighted by molar-refractivity contribution is 7.92. The summed E-state index contributed by atoms with van der Waals surface area (Å²) in [5, 5.41) is 9.05. The minimum absolute atomic E-state index is 0.00658. The van der Waals surface area contributed by atoms with E-state index in [1.54, 1.807) is 30.3 Å². The smallest absolute Gasteiger partial charge is 0.303 e. The lowest BCUT2D eigenvalue weighted by atomic mass is 9.96. The van der Waals surface area contributed by atoms with E-state index in [2.05, 4.69) is 0 Å². The van der Waals surface area contributed by atoms with Crippen LogP contribution in [0.1, 0.15) is 38.2 Å². The fraction of sp³-hybridized carbons (Fsp3) is 0.381. The summed E-state index contributed by atoms with van der Waals surface area (Å²) in [6.45, 7) is 4.00. The van der Waals surface area contributed by atoms with Gasteiger partial charge in [0.15, 0.2) is 0 Å². The number of hydrogen-bond donors (Lipinski definition) is 1. The van der Waals surface area contributed by atoms with E-state index in [4.69, 9.17) is 14.6 Å². The van der Waals surface area contributed by atoms with Crippen molar-refractivity contribution in [1.29, 1.82) is 0 Å². The van der Waals surface area contributed by atoms with Gasteiger partial charge in [0, 0.05) is 18.9 Å². The monoisotopic (exact) mass is 419 g/mol. The van der Waals surface area contributed by atoms with E-state index in [9.17, 15) is 13.2 Å². The second-order valence-electron chi connectivity index (χ2n) is 7.23. The molecule has 1 atom stereocenters. The number of rotatable bonds is 8. The maximum Gasteiger partial charge on any atom is 0.303 e. The topological polar surface area (TPSA) is 93.1 Å². The second kappa shape index (κ2) is 8.32. The molecule has 0 saturated heterocycles. The molecule has 1 N–H and O–H groups in total. The fourth-order valence-electron chi connectivity index (χ4n) is 3.47. The molecular formula is C21H25NO6S. The molecule has 1 aliphatic heterocycles. The molecule has 2 aromatic rings. The van der Waals surface area contributed by atoms with Gasteiger partial charge in [-0.1, -0.05) is 0 Å². The van der Waals surface area contributed by atoms with E-state index in [-0.39, 0.29) is 29.9 Å². The first-order valence-corrected chi connectivity index (χ1v) is 10.9. The summed E-state index contributed by atoms with van der Waals surface area (Å²) < 4.78 is 38.8. The zero-order valence-corrected chi connectivity index (χ0v) is 17.5. The van der Waals surface area contributed by atoms with Gasteiger partial charge in [-0.15, -0.1) is 0 Å². The van der Waals surface area contributed by atoms with Crippen LogP contribution in [-0.2, 0) is 14.8 Å². The molecule has 0 bridgehead atoms. The molecular weight excluding hydrogens is 394 g/mol. The SMILES string of the molecule is COc1ccc2c(c1)C(CCC(=O)O)CN2S(=O)(=O)c1ccc(OC(C)C)cc1. The van der Waals surface area contributed by atoms with Gasteiger partial charge in [-0.05, 0) is 68.3 Å². The third kappa shape index (κ3) is 4.48. The lowest BCUT2D eigenvalue weighted by molar-refractivity contribution is -0.137. The number of methoxy groups -OCH3 is 1. The minimum atomic E-state index is -3.80. The largest absolute Gasteiger partial charge is 0.497 e. The van der Waals surface area contributed by atoms with Crippen molar-refractivity contribution < 1.29 is 27.8 Å². The van der Waals surface area contributed by atoms with Crippen molar-refractivity contribution in [2.24, 2.45) is 0 Å². The van der Waals surface area contributed by atoms with Gasteiger partial charge in [0.25, 0.3) is 10.0 Å². The number of aliphatic carboxylic acids is 1. The van der Waals surface area contributed by atoms with Crippen LogP contribution in [0.2, 0.25) is 0 Å². The van der Waals surface area contributed by atoms with Gasteiger partial charge in [0.05, 0.1) is 23.8 Å². The molecule has 156 valence electrons. The van der Waals surface area contributed by atoms with Gasteiger partial charge in [-0.2, -0.15) is 0 Å². The van der Waals surface area contributed by atoms with Crippen LogP contribution in [0.5, 0.6) is 11.5 Å². The molecule has 1 unspecified atom stereocenters. The lowest BCUT2D eigenvalue weighted by Crippen LogP contribution is -2.30. The Balaban J connectivity index is 1.94. The number of sulfonamides is 1. The van der Waals surface area contributed by atoms with Gasteiger partial charge >= 0.3 is 5.97 Å². The Morgan fingerprint density at radius 2 is 1.83 bits per heavy atom. The highest BCUT2D eigenvalue weighted by atomic mass is 32.2. The van der Waals surface area contributed by atoms with E-state index in [0.717, 1.165) is 5.56 Å². The van der Waals surface area contributed by atoms with Crippen molar-refractivity contribution in [1.82, 2.24) is 0 Å². The molecule has 0 spiro atoms. The van der Waals surface area contributed by atoms with E-state index in [1.165, 1.54) is 23.5 Å². The van der Waals surface area contributed by atoms with E-state index in [1.807, 2.05) is 13.8 Å². The maximum atomic E-state index is 13.3. The number of fused-ring (bicyclic) bond motifs is 1. The third-order valence-electron chi connectivity index (χ3n) is 4.82. The predicted octanol–water partition coefficient (Wildman–Crippen LogP) is 3.64. The first-order valence-electron chi connectivity index (χ1n) is 9.41. The summed E-state index contributed by atoms with van der Waals surface area (Å²) in [7, 11) is -2.26. The van der Waals surface area contributed by atoms with Crippen LogP contribution in [-0.4, -0.2) is 39.3 Å². The molecule has 2 aromatic carbocycles. The summed E-state index contributed by atoms with van der Waals surface area (Å²) in [4.78, 5) is 11.2. The van der Waals surface area contributed by atoms with Crippen LogP contribution in [0.25, 0.3) is 0 Å². The number of anilines is 1. The van der Waals surface area contributed by atoms with E-state index in [0.29, 0.717) is 23.6 Å². The normalized spacial score (nSPS) is 16.0. The molecule has 7 nitrogen and oxygen atoms in total. The van der Waals surface area contributed by atoms with Crippen LogP contribution >= 0.6 is 0 Å². The number of carboxylic acids is 1. The van der Waals surface area contributed by atoms with Gasteiger partial charge in [-0.25, -0.2) is 8.42 Å². The van der Waals surface area contributed by atoms with Crippen molar-refractivity contribution in [3.05, 3.63) is 48.0 Å². The standard InChI is InChI=1S/C21H25NO6S/c1-14(2)28-16-5-8-18(9-6-16)29(25,26)22-13-15(4-11-21(23)24)19-12-17(27-3)7-10-20(19)22/h5-10,12,14-15H,4,11,13H2,1-3H3,(H,23,24). The van der Waals surface area contributed by atoms with E-state index >= 15 is 0 Å². The Kier molecular flexibility index (Phi) is 6.02. The molecule has 0 amide bonds. The van der Waals surface area contributed by atoms with Gasteiger partial charge in [0.1, 0.15) is 11.5 Å². The first-order chi connectivity index (χ1) is 13.7. The maximum absolute atomic E-state index is 13.3. The highest BCUT2D eigenvalue weighted by Gasteiger charge is 2.37. The number of carbonyl (C=O) groups is 1. The van der Waals surface area contributed by atoms with Crippen LogP contribution < -0.4 is 13.8 Å². The van der Waals surface area contributed by atoms with Crippen molar-refractivity contribution in [2.45, 2.75) is 43.6 Å². The van der Waals surface area contributed by atoms with Crippen molar-refractivity contribution >= 4 is 21.7 Å². The summed E-state index contributed by atoms with van der Waals surface area (Å²) in [5.41, 5.74) is 1.35. The molecule has 0 saturated carbocycles. The Bertz CT molecular complexity index is 985. The predicted molar refractivity (Wildman–Crippen MR) is 109 cm³/mol. The summed E-state index contributed by atoms with van der Waals surface area (Å²) in [6, 6.07) is 11.5. The first kappa shape index (κ1) is 21.0. The Morgan fingerprint density at radius 3 is 2.41 bits per heavy atom. The van der Waals surface area contributed by atoms with Crippen molar-refractivity contribution in [3.8, 4) is 11.5 Å². The summed E-state index contributed by atoms with van der Waals surface area (Å²) >= 11 is 0. The van der Waals surface area contributed by atoms with Crippen molar-refractivity contribution in [2.75, 3.05) is 18.0 Å². The van der Waals surface area contributed by atoms with Crippen LogP contribution in [0.4, 0.5) is 5.69 Å². The van der Waals surface area contributed by atoms with Crippen molar-refractivity contribution in [3.63, 3.8) is 0 Å². The van der Waals surface area contributed by atoms with Gasteiger partial charge in [-0.3, -0.25) is 9.10 Å². The average molecular weight is 419 g/mol. The number of nitrogens with zero attached hydrogens (tertiary/aromatic N) is 1. The molecule has 1 aliphatic rings. The fourth-order valence-corrected chi connectivity index (χ4v) is 5.01.